The Bertz CT molecular complexity index is 886. The van der Waals surface area contributed by atoms with Crippen molar-refractivity contribution < 1.29 is 14.1 Å². The van der Waals surface area contributed by atoms with Crippen LogP contribution in [0.5, 0.6) is 0 Å². The molecular weight excluding hydrogens is 344 g/mol. The summed E-state index contributed by atoms with van der Waals surface area (Å²) in [4.78, 5) is 0.440. The maximum Gasteiger partial charge on any atom is 0.287 e. The number of benzene rings is 1. The van der Waals surface area contributed by atoms with E-state index >= 15 is 0 Å². The SMILES string of the molecule is CCc1ccc(/C(O)=C(/C(=S)NCc2ccco2)[n+]2ccccc2)cc1. The lowest BCUT2D eigenvalue weighted by atomic mass is 10.1. The minimum atomic E-state index is 0.126. The van der Waals surface area contributed by atoms with Crippen LogP contribution in [0.3, 0.4) is 0 Å². The quantitative estimate of drug-likeness (QED) is 0.298. The van der Waals surface area contributed by atoms with Crippen molar-refractivity contribution in [1.29, 1.82) is 0 Å². The number of nitrogens with zero attached hydrogens (tertiary/aromatic N) is 1. The monoisotopic (exact) mass is 365 g/mol. The van der Waals surface area contributed by atoms with E-state index in [0.29, 0.717) is 17.2 Å². The second-order valence-electron chi connectivity index (χ2n) is 5.79. The molecular formula is C21H21N2O2S+. The summed E-state index contributed by atoms with van der Waals surface area (Å²) >= 11 is 5.56. The molecule has 2 N–H and O–H groups in total. The molecule has 0 radical (unpaired) electrons. The highest BCUT2D eigenvalue weighted by Crippen LogP contribution is 2.18. The molecule has 0 spiro atoms. The van der Waals surface area contributed by atoms with E-state index in [-0.39, 0.29) is 5.76 Å². The van der Waals surface area contributed by atoms with Gasteiger partial charge in [0.05, 0.1) is 12.8 Å². The summed E-state index contributed by atoms with van der Waals surface area (Å²) in [6, 6.07) is 17.2. The Balaban J connectivity index is 1.95. The summed E-state index contributed by atoms with van der Waals surface area (Å²) in [7, 11) is 0. The molecule has 0 unspecified atom stereocenters. The van der Waals surface area contributed by atoms with Crippen LogP contribution in [-0.4, -0.2) is 10.1 Å². The molecule has 0 atom stereocenters. The molecule has 0 bridgehead atoms. The summed E-state index contributed by atoms with van der Waals surface area (Å²) < 4.78 is 7.14. The summed E-state index contributed by atoms with van der Waals surface area (Å²) in [6.07, 6.45) is 6.28. The number of aromatic nitrogens is 1. The number of hydrogen-bond donors (Lipinski definition) is 2. The fourth-order valence-corrected chi connectivity index (χ4v) is 2.87. The lowest BCUT2D eigenvalue weighted by Gasteiger charge is -2.09. The van der Waals surface area contributed by atoms with Crippen LogP contribution in [-0.2, 0) is 13.0 Å². The van der Waals surface area contributed by atoms with Crippen molar-refractivity contribution in [2.24, 2.45) is 0 Å². The summed E-state index contributed by atoms with van der Waals surface area (Å²) in [6.45, 7) is 2.55. The van der Waals surface area contributed by atoms with Crippen molar-refractivity contribution in [2.75, 3.05) is 0 Å². The highest BCUT2D eigenvalue weighted by atomic mass is 32.1. The molecule has 2 heterocycles. The topological polar surface area (TPSA) is 49.3 Å². The van der Waals surface area contributed by atoms with Gasteiger partial charge in [-0.2, -0.15) is 4.57 Å². The van der Waals surface area contributed by atoms with Gasteiger partial charge in [-0.05, 0) is 24.1 Å². The number of rotatable bonds is 6. The van der Waals surface area contributed by atoms with Gasteiger partial charge in [0.15, 0.2) is 23.1 Å². The Morgan fingerprint density at radius 3 is 2.42 bits per heavy atom. The fraction of sp³-hybridized carbons (Fsp3) is 0.143. The normalized spacial score (nSPS) is 11.7. The predicted octanol–water partition coefficient (Wildman–Crippen LogP) is 4.13. The van der Waals surface area contributed by atoms with Crippen molar-refractivity contribution in [2.45, 2.75) is 19.9 Å². The van der Waals surface area contributed by atoms with Gasteiger partial charge in [-0.1, -0.05) is 49.5 Å². The van der Waals surface area contributed by atoms with Crippen LogP contribution < -0.4 is 9.88 Å². The van der Waals surface area contributed by atoms with E-state index < -0.39 is 0 Å². The first-order valence-corrected chi connectivity index (χ1v) is 8.89. The maximum atomic E-state index is 10.9. The highest BCUT2D eigenvalue weighted by Gasteiger charge is 2.23. The lowest BCUT2D eigenvalue weighted by Crippen LogP contribution is -2.40. The van der Waals surface area contributed by atoms with Gasteiger partial charge in [0, 0.05) is 17.7 Å². The van der Waals surface area contributed by atoms with Crippen LogP contribution >= 0.6 is 12.2 Å². The Labute approximate surface area is 158 Å². The van der Waals surface area contributed by atoms with Gasteiger partial charge in [0.1, 0.15) is 5.76 Å². The Kier molecular flexibility index (Phi) is 5.81. The minimum Gasteiger partial charge on any atom is -0.502 e. The molecule has 3 aromatic rings. The van der Waals surface area contributed by atoms with Crippen LogP contribution in [0.15, 0.2) is 77.7 Å². The first-order chi connectivity index (χ1) is 12.7. The smallest absolute Gasteiger partial charge is 0.287 e. The second-order valence-corrected chi connectivity index (χ2v) is 6.20. The number of nitrogens with one attached hydrogen (secondary N) is 1. The van der Waals surface area contributed by atoms with Gasteiger partial charge < -0.3 is 14.8 Å². The summed E-state index contributed by atoms with van der Waals surface area (Å²) in [5, 5.41) is 14.1. The number of aliphatic hydroxyl groups is 1. The van der Waals surface area contributed by atoms with Gasteiger partial charge in [-0.15, -0.1) is 0 Å². The Morgan fingerprint density at radius 2 is 1.81 bits per heavy atom. The molecule has 0 saturated carbocycles. The molecule has 0 fully saturated rings. The van der Waals surface area contributed by atoms with Crippen molar-refractivity contribution in [3.63, 3.8) is 0 Å². The number of furan rings is 1. The van der Waals surface area contributed by atoms with Crippen molar-refractivity contribution in [1.82, 2.24) is 5.32 Å². The first-order valence-electron chi connectivity index (χ1n) is 8.49. The Hall–Kier alpha value is -2.92. The van der Waals surface area contributed by atoms with Gasteiger partial charge in [0.25, 0.3) is 5.70 Å². The van der Waals surface area contributed by atoms with Crippen LogP contribution in [0.1, 0.15) is 23.8 Å². The van der Waals surface area contributed by atoms with Gasteiger partial charge in [-0.3, -0.25) is 0 Å². The molecule has 0 aliphatic rings. The Morgan fingerprint density at radius 1 is 1.08 bits per heavy atom. The average molecular weight is 365 g/mol. The second kappa shape index (κ2) is 8.45. The first kappa shape index (κ1) is 17.9. The van der Waals surface area contributed by atoms with Crippen LogP contribution in [0.4, 0.5) is 0 Å². The standard InChI is InChI=1S/C21H20N2O2S/c1-2-16-8-10-17(11-9-16)20(24)19(23-12-4-3-5-13-23)21(26)22-15-18-7-6-14-25-18/h3-14H,2,15H2,1H3,(H-,22,24,26)/p+1. The average Bonchev–Trinajstić information content (AvgIpc) is 3.21. The van der Waals surface area contributed by atoms with Crippen LogP contribution in [0.2, 0.25) is 0 Å². The van der Waals surface area contributed by atoms with E-state index in [1.165, 1.54) is 5.56 Å². The third-order valence-electron chi connectivity index (χ3n) is 4.05. The molecule has 0 amide bonds. The van der Waals surface area contributed by atoms with Gasteiger partial charge >= 0.3 is 0 Å². The molecule has 0 aliphatic carbocycles. The van der Waals surface area contributed by atoms with E-state index in [0.717, 1.165) is 17.7 Å². The zero-order chi connectivity index (χ0) is 18.4. The predicted molar refractivity (Wildman–Crippen MR) is 106 cm³/mol. The van der Waals surface area contributed by atoms with Crippen LogP contribution in [0.25, 0.3) is 11.5 Å². The van der Waals surface area contributed by atoms with E-state index in [9.17, 15) is 5.11 Å². The number of aryl methyl sites for hydroxylation is 1. The minimum absolute atomic E-state index is 0.126. The molecule has 1 aromatic carbocycles. The van der Waals surface area contributed by atoms with Gasteiger partial charge in [-0.25, -0.2) is 0 Å². The summed E-state index contributed by atoms with van der Waals surface area (Å²) in [5.74, 6) is 0.900. The number of hydrogen-bond acceptors (Lipinski definition) is 3. The maximum absolute atomic E-state index is 10.9. The largest absolute Gasteiger partial charge is 0.502 e. The van der Waals surface area contributed by atoms with Gasteiger partial charge in [0.2, 0.25) is 0 Å². The number of thiocarbonyl (C=S) groups is 1. The lowest BCUT2D eigenvalue weighted by molar-refractivity contribution is -0.576. The number of pyridine rings is 1. The van der Waals surface area contributed by atoms with Crippen LogP contribution in [0, 0.1) is 0 Å². The van der Waals surface area contributed by atoms with E-state index in [2.05, 4.69) is 12.2 Å². The fourth-order valence-electron chi connectivity index (χ4n) is 2.59. The number of aliphatic hydroxyl groups excluding tert-OH is 1. The van der Waals surface area contributed by atoms with Crippen molar-refractivity contribution >= 4 is 28.7 Å². The zero-order valence-corrected chi connectivity index (χ0v) is 15.4. The summed E-state index contributed by atoms with van der Waals surface area (Å²) in [5.41, 5.74) is 2.46. The third kappa shape index (κ3) is 4.18. The molecule has 132 valence electrons. The van der Waals surface area contributed by atoms with E-state index in [1.54, 1.807) is 10.8 Å². The van der Waals surface area contributed by atoms with Crippen molar-refractivity contribution in [3.8, 4) is 0 Å². The van der Waals surface area contributed by atoms with Crippen molar-refractivity contribution in [3.05, 3.63) is 90.1 Å². The zero-order valence-electron chi connectivity index (χ0n) is 14.6. The van der Waals surface area contributed by atoms with E-state index in [1.807, 2.05) is 67.0 Å². The molecule has 2 aromatic heterocycles. The van der Waals surface area contributed by atoms with E-state index in [4.69, 9.17) is 16.6 Å². The highest BCUT2D eigenvalue weighted by molar-refractivity contribution is 7.81. The molecule has 0 aliphatic heterocycles. The molecule has 5 heteroatoms. The molecule has 3 rings (SSSR count). The molecule has 0 saturated heterocycles. The third-order valence-corrected chi connectivity index (χ3v) is 4.39. The molecule has 26 heavy (non-hydrogen) atoms. The molecule has 4 nitrogen and oxygen atoms in total.